The van der Waals surface area contributed by atoms with E-state index >= 15 is 0 Å². The van der Waals surface area contributed by atoms with E-state index in [1.807, 2.05) is 38.1 Å². The number of hydrogen-bond donors (Lipinski definition) is 1. The van der Waals surface area contributed by atoms with E-state index in [1.165, 1.54) is 22.8 Å². The molecule has 0 aliphatic rings. The molecule has 2 aromatic carbocycles. The molecule has 152 valence electrons. The van der Waals surface area contributed by atoms with Gasteiger partial charge in [-0.3, -0.25) is 19.5 Å². The Morgan fingerprint density at radius 1 is 1.24 bits per heavy atom. The molecule has 0 aliphatic heterocycles. The van der Waals surface area contributed by atoms with E-state index in [1.54, 1.807) is 0 Å². The van der Waals surface area contributed by atoms with Gasteiger partial charge in [-0.15, -0.1) is 0 Å². The highest BCUT2D eigenvalue weighted by Gasteiger charge is 2.15. The number of benzene rings is 2. The van der Waals surface area contributed by atoms with Crippen molar-refractivity contribution in [2.75, 3.05) is 0 Å². The molecule has 0 spiro atoms. The number of carbonyl (C=O) groups excluding carboxylic acids is 1. The highest BCUT2D eigenvalue weighted by Crippen LogP contribution is 2.21. The van der Waals surface area contributed by atoms with Crippen molar-refractivity contribution in [3.8, 4) is 0 Å². The van der Waals surface area contributed by atoms with E-state index in [0.29, 0.717) is 18.5 Å². The molecule has 29 heavy (non-hydrogen) atoms. The van der Waals surface area contributed by atoms with Crippen LogP contribution < -0.4 is 11.1 Å². The monoisotopic (exact) mass is 397 g/mol. The van der Waals surface area contributed by atoms with Gasteiger partial charge in [0.1, 0.15) is 0 Å². The average molecular weight is 397 g/mol. The number of nitrogens with one attached hydrogen (secondary N) is 1. The molecule has 1 N–H and O–H groups in total. The molecule has 0 fully saturated rings. The minimum atomic E-state index is -0.591. The molecule has 0 saturated carbocycles. The molecule has 8 heteroatoms. The van der Waals surface area contributed by atoms with Crippen LogP contribution in [0.4, 0.5) is 5.69 Å². The van der Waals surface area contributed by atoms with E-state index in [4.69, 9.17) is 4.42 Å². The summed E-state index contributed by atoms with van der Waals surface area (Å²) >= 11 is 0. The van der Waals surface area contributed by atoms with Crippen LogP contribution in [-0.4, -0.2) is 15.4 Å². The van der Waals surface area contributed by atoms with Crippen molar-refractivity contribution in [2.24, 2.45) is 0 Å². The maximum Gasteiger partial charge on any atom is 0.419 e. The number of nitro groups is 1. The van der Waals surface area contributed by atoms with E-state index in [2.05, 4.69) is 5.32 Å². The smallest absolute Gasteiger partial charge is 0.407 e. The van der Waals surface area contributed by atoms with Gasteiger partial charge in [0.15, 0.2) is 5.58 Å². The van der Waals surface area contributed by atoms with Gasteiger partial charge in [0, 0.05) is 19.0 Å². The van der Waals surface area contributed by atoms with Gasteiger partial charge in [-0.05, 0) is 31.4 Å². The summed E-state index contributed by atoms with van der Waals surface area (Å²) in [6, 6.07) is 12.1. The molecule has 0 bridgehead atoms. The van der Waals surface area contributed by atoms with Crippen molar-refractivity contribution < 1.29 is 14.1 Å². The lowest BCUT2D eigenvalue weighted by molar-refractivity contribution is -0.384. The highest BCUT2D eigenvalue weighted by atomic mass is 16.6. The number of nitrogens with zero attached hydrogens (tertiary/aromatic N) is 2. The largest absolute Gasteiger partial charge is 0.419 e. The fourth-order valence-corrected chi connectivity index (χ4v) is 3.26. The van der Waals surface area contributed by atoms with Crippen molar-refractivity contribution in [1.82, 2.24) is 9.88 Å². The molecule has 3 aromatic rings. The summed E-state index contributed by atoms with van der Waals surface area (Å²) in [5.41, 5.74) is 2.73. The SMILES string of the molecule is CC[C@@H](NC(=O)CCCn1c(=O)oc2cc([N+](=O)[O-])ccc21)c1ccc(C)cc1. The standard InChI is InChI=1S/C21H23N3O5/c1-3-17(15-8-6-14(2)7-9-15)22-20(25)5-4-12-23-18-11-10-16(24(27)28)13-19(18)29-21(23)26/h6-11,13,17H,3-5,12H2,1-2H3,(H,22,25)/t17-/m1/s1. The molecule has 1 aromatic heterocycles. The predicted octanol–water partition coefficient (Wildman–Crippen LogP) is 3.86. The van der Waals surface area contributed by atoms with Gasteiger partial charge < -0.3 is 9.73 Å². The van der Waals surface area contributed by atoms with Crippen molar-refractivity contribution in [1.29, 1.82) is 0 Å². The summed E-state index contributed by atoms with van der Waals surface area (Å²) in [5, 5.41) is 13.9. The second-order valence-corrected chi connectivity index (χ2v) is 6.97. The van der Waals surface area contributed by atoms with Crippen molar-refractivity contribution in [3.05, 3.63) is 74.3 Å². The van der Waals surface area contributed by atoms with Crippen LogP contribution in [0.25, 0.3) is 11.1 Å². The van der Waals surface area contributed by atoms with Crippen molar-refractivity contribution >= 4 is 22.7 Å². The Hall–Kier alpha value is -3.42. The quantitative estimate of drug-likeness (QED) is 0.459. The fourth-order valence-electron chi connectivity index (χ4n) is 3.26. The summed E-state index contributed by atoms with van der Waals surface area (Å²) in [5.74, 6) is -0.680. The Morgan fingerprint density at radius 2 is 1.97 bits per heavy atom. The molecular weight excluding hydrogens is 374 g/mol. The summed E-state index contributed by atoms with van der Waals surface area (Å²) in [7, 11) is 0. The lowest BCUT2D eigenvalue weighted by Crippen LogP contribution is -2.28. The van der Waals surface area contributed by atoms with E-state index in [9.17, 15) is 19.7 Å². The Morgan fingerprint density at radius 3 is 2.62 bits per heavy atom. The second-order valence-electron chi connectivity index (χ2n) is 6.97. The normalized spacial score (nSPS) is 12.1. The number of hydrogen-bond acceptors (Lipinski definition) is 5. The zero-order valence-corrected chi connectivity index (χ0v) is 16.4. The van der Waals surface area contributed by atoms with Gasteiger partial charge in [-0.25, -0.2) is 4.79 Å². The van der Waals surface area contributed by atoms with E-state index in [-0.39, 0.29) is 29.6 Å². The van der Waals surface area contributed by atoms with Crippen LogP contribution in [0.3, 0.4) is 0 Å². The molecule has 1 amide bonds. The fraction of sp³-hybridized carbons (Fsp3) is 0.333. The van der Waals surface area contributed by atoms with Gasteiger partial charge in [0.25, 0.3) is 5.69 Å². The summed E-state index contributed by atoms with van der Waals surface area (Å²) in [6.45, 7) is 4.32. The van der Waals surface area contributed by atoms with Crippen LogP contribution in [0.15, 0.2) is 51.7 Å². The molecule has 0 aliphatic carbocycles. The molecule has 0 unspecified atom stereocenters. The van der Waals surface area contributed by atoms with Gasteiger partial charge in [-0.1, -0.05) is 36.8 Å². The molecular formula is C21H23N3O5. The molecule has 0 saturated heterocycles. The molecule has 0 radical (unpaired) electrons. The Bertz CT molecular complexity index is 1080. The number of aryl methyl sites for hydroxylation is 2. The van der Waals surface area contributed by atoms with Gasteiger partial charge in [0.2, 0.25) is 5.91 Å². The van der Waals surface area contributed by atoms with Gasteiger partial charge >= 0.3 is 5.76 Å². The maximum absolute atomic E-state index is 12.4. The number of amides is 1. The number of nitro benzene ring substituents is 1. The highest BCUT2D eigenvalue weighted by molar-refractivity contribution is 5.77. The maximum atomic E-state index is 12.4. The third kappa shape index (κ3) is 4.71. The molecule has 8 nitrogen and oxygen atoms in total. The second kappa shape index (κ2) is 8.72. The van der Waals surface area contributed by atoms with Gasteiger partial charge in [0.05, 0.1) is 22.5 Å². The average Bonchev–Trinajstić information content (AvgIpc) is 3.01. The minimum Gasteiger partial charge on any atom is -0.407 e. The third-order valence-electron chi connectivity index (χ3n) is 4.87. The van der Waals surface area contributed by atoms with Crippen molar-refractivity contribution in [3.63, 3.8) is 0 Å². The first-order chi connectivity index (χ1) is 13.9. The topological polar surface area (TPSA) is 107 Å². The summed E-state index contributed by atoms with van der Waals surface area (Å²) in [4.78, 5) is 34.7. The van der Waals surface area contributed by atoms with Crippen LogP contribution in [0.5, 0.6) is 0 Å². The number of fused-ring (bicyclic) bond motifs is 1. The summed E-state index contributed by atoms with van der Waals surface area (Å²) in [6.07, 6.45) is 1.48. The first-order valence-electron chi connectivity index (χ1n) is 9.52. The molecule has 1 heterocycles. The number of rotatable bonds is 8. The van der Waals surface area contributed by atoms with E-state index < -0.39 is 10.7 Å². The Kier molecular flexibility index (Phi) is 6.11. The Balaban J connectivity index is 1.61. The molecule has 3 rings (SSSR count). The minimum absolute atomic E-state index is 0.0545. The summed E-state index contributed by atoms with van der Waals surface area (Å²) < 4.78 is 6.49. The first kappa shape index (κ1) is 20.3. The van der Waals surface area contributed by atoms with Crippen LogP contribution >= 0.6 is 0 Å². The third-order valence-corrected chi connectivity index (χ3v) is 4.87. The number of non-ortho nitro benzene ring substituents is 1. The van der Waals surface area contributed by atoms with E-state index in [0.717, 1.165) is 17.5 Å². The lowest BCUT2D eigenvalue weighted by atomic mass is 10.0. The number of aromatic nitrogens is 1. The predicted molar refractivity (Wildman–Crippen MR) is 109 cm³/mol. The number of oxazole rings is 1. The van der Waals surface area contributed by atoms with Crippen LogP contribution in [0.1, 0.15) is 43.4 Å². The molecule has 1 atom stereocenters. The number of carbonyl (C=O) groups is 1. The zero-order valence-electron chi connectivity index (χ0n) is 16.4. The van der Waals surface area contributed by atoms with Gasteiger partial charge in [-0.2, -0.15) is 0 Å². The lowest BCUT2D eigenvalue weighted by Gasteiger charge is -2.17. The zero-order chi connectivity index (χ0) is 21.0. The van der Waals surface area contributed by atoms with Crippen LogP contribution in [0, 0.1) is 17.0 Å². The van der Waals surface area contributed by atoms with Crippen LogP contribution in [0.2, 0.25) is 0 Å². The van der Waals surface area contributed by atoms with Crippen LogP contribution in [-0.2, 0) is 11.3 Å². The Labute approximate surface area is 167 Å². The first-order valence-corrected chi connectivity index (χ1v) is 9.52. The van der Waals surface area contributed by atoms with Crippen molar-refractivity contribution in [2.45, 2.75) is 45.7 Å².